The maximum Gasteiger partial charge on any atom is 0.312 e. The van der Waals surface area contributed by atoms with Crippen molar-refractivity contribution in [2.45, 2.75) is 6.42 Å². The van der Waals surface area contributed by atoms with Gasteiger partial charge in [0.15, 0.2) is 0 Å². The largest absolute Gasteiger partial charge is 0.469 e. The van der Waals surface area contributed by atoms with Crippen LogP contribution in [0, 0.1) is 0 Å². The van der Waals surface area contributed by atoms with Crippen molar-refractivity contribution in [2.75, 3.05) is 33.8 Å². The van der Waals surface area contributed by atoms with Gasteiger partial charge in [-0.1, -0.05) is 0 Å². The maximum atomic E-state index is 11.6. The molecule has 10 heteroatoms. The van der Waals surface area contributed by atoms with Gasteiger partial charge in [0, 0.05) is 26.7 Å². The van der Waals surface area contributed by atoms with E-state index >= 15 is 0 Å². The highest BCUT2D eigenvalue weighted by Gasteiger charge is 2.17. The van der Waals surface area contributed by atoms with Crippen molar-refractivity contribution in [3.05, 3.63) is 0 Å². The molecule has 106 valence electrons. The van der Waals surface area contributed by atoms with E-state index in [0.29, 0.717) is 0 Å². The Balaban J connectivity index is 4.03. The number of esters is 1. The molecule has 0 aliphatic heterocycles. The average molecular weight is 282 g/mol. The number of carbonyl (C=O) groups is 2. The number of nitrogens with one attached hydrogen (secondary N) is 2. The van der Waals surface area contributed by atoms with Gasteiger partial charge in [-0.15, -0.1) is 0 Å². The first-order valence-corrected chi connectivity index (χ1v) is 6.54. The molecule has 0 bridgehead atoms. The Labute approximate surface area is 106 Å². The van der Waals surface area contributed by atoms with Gasteiger partial charge in [0.1, 0.15) is 0 Å². The molecule has 0 spiro atoms. The number of urea groups is 1. The zero-order valence-electron chi connectivity index (χ0n) is 10.3. The summed E-state index contributed by atoms with van der Waals surface area (Å²) < 4.78 is 30.8. The Morgan fingerprint density at radius 2 is 1.94 bits per heavy atom. The van der Waals surface area contributed by atoms with Crippen LogP contribution >= 0.6 is 0 Å². The van der Waals surface area contributed by atoms with Crippen LogP contribution < -0.4 is 15.8 Å². The maximum absolute atomic E-state index is 11.6. The highest BCUT2D eigenvalue weighted by molar-refractivity contribution is 7.87. The third-order valence-electron chi connectivity index (χ3n) is 1.98. The molecular formula is C8H18N4O5S. The molecule has 18 heavy (non-hydrogen) atoms. The lowest BCUT2D eigenvalue weighted by atomic mass is 10.4. The Hall–Kier alpha value is -1.39. The lowest BCUT2D eigenvalue weighted by molar-refractivity contribution is -0.140. The van der Waals surface area contributed by atoms with Crippen LogP contribution in [-0.2, 0) is 19.7 Å². The molecule has 0 aromatic carbocycles. The molecule has 0 saturated heterocycles. The summed E-state index contributed by atoms with van der Waals surface area (Å²) in [7, 11) is -1.13. The molecular weight excluding hydrogens is 264 g/mol. The van der Waals surface area contributed by atoms with Crippen molar-refractivity contribution < 1.29 is 22.7 Å². The third kappa shape index (κ3) is 7.04. The van der Waals surface area contributed by atoms with E-state index in [4.69, 9.17) is 5.73 Å². The van der Waals surface area contributed by atoms with Crippen LogP contribution in [0.2, 0.25) is 0 Å². The Morgan fingerprint density at radius 3 is 2.44 bits per heavy atom. The number of primary amides is 1. The fraction of sp³-hybridized carbons (Fsp3) is 0.750. The molecule has 0 saturated carbocycles. The van der Waals surface area contributed by atoms with Crippen LogP contribution in [0.3, 0.4) is 0 Å². The number of nitrogens with two attached hydrogens (primary N) is 1. The zero-order chi connectivity index (χ0) is 14.2. The summed E-state index contributed by atoms with van der Waals surface area (Å²) in [5.74, 6) is -0.493. The van der Waals surface area contributed by atoms with Crippen LogP contribution in [0.25, 0.3) is 0 Å². The SMILES string of the molecule is COC(=O)CCN(C)S(=O)(=O)NCCNC(N)=O. The van der Waals surface area contributed by atoms with Gasteiger partial charge in [0.05, 0.1) is 13.5 Å². The number of amides is 2. The number of hydrogen-bond acceptors (Lipinski definition) is 5. The zero-order valence-corrected chi connectivity index (χ0v) is 11.1. The van der Waals surface area contributed by atoms with E-state index in [1.165, 1.54) is 14.2 Å². The van der Waals surface area contributed by atoms with Crippen LogP contribution in [-0.4, -0.2) is 58.5 Å². The molecule has 4 N–H and O–H groups in total. The number of nitrogens with zero attached hydrogens (tertiary/aromatic N) is 1. The molecule has 0 atom stereocenters. The molecule has 0 rings (SSSR count). The second-order valence-electron chi connectivity index (χ2n) is 3.34. The minimum absolute atomic E-state index is 0.00521. The molecule has 0 aromatic rings. The molecule has 2 amide bonds. The summed E-state index contributed by atoms with van der Waals surface area (Å²) in [5, 5.41) is 2.24. The predicted molar refractivity (Wildman–Crippen MR) is 63.8 cm³/mol. The van der Waals surface area contributed by atoms with Gasteiger partial charge >= 0.3 is 12.0 Å². The fourth-order valence-electron chi connectivity index (χ4n) is 0.947. The number of hydrogen-bond donors (Lipinski definition) is 3. The first kappa shape index (κ1) is 16.6. The van der Waals surface area contributed by atoms with Gasteiger partial charge in [0.2, 0.25) is 0 Å². The normalized spacial score (nSPS) is 11.3. The Bertz CT molecular complexity index is 383. The summed E-state index contributed by atoms with van der Waals surface area (Å²) in [6, 6.07) is -0.728. The predicted octanol–water partition coefficient (Wildman–Crippen LogP) is -2.02. The lowest BCUT2D eigenvalue weighted by Crippen LogP contribution is -2.43. The van der Waals surface area contributed by atoms with Crippen molar-refractivity contribution in [3.8, 4) is 0 Å². The monoisotopic (exact) mass is 282 g/mol. The van der Waals surface area contributed by atoms with Crippen molar-refractivity contribution >= 4 is 22.2 Å². The van der Waals surface area contributed by atoms with E-state index in [1.54, 1.807) is 0 Å². The van der Waals surface area contributed by atoms with E-state index in [9.17, 15) is 18.0 Å². The van der Waals surface area contributed by atoms with Crippen molar-refractivity contribution in [3.63, 3.8) is 0 Å². The summed E-state index contributed by atoms with van der Waals surface area (Å²) in [4.78, 5) is 21.2. The second-order valence-corrected chi connectivity index (χ2v) is 5.20. The van der Waals surface area contributed by atoms with Gasteiger partial charge in [0.25, 0.3) is 10.2 Å². The standard InChI is InChI=1S/C8H18N4O5S/c1-12(6-3-7(13)17-2)18(15,16)11-5-4-10-8(9)14/h11H,3-6H2,1-2H3,(H3,9,10,14). The minimum Gasteiger partial charge on any atom is -0.469 e. The first-order chi connectivity index (χ1) is 8.29. The van der Waals surface area contributed by atoms with E-state index in [0.717, 1.165) is 4.31 Å². The Kier molecular flexibility index (Phi) is 7.24. The molecule has 0 fully saturated rings. The van der Waals surface area contributed by atoms with E-state index in [2.05, 4.69) is 14.8 Å². The minimum atomic E-state index is -3.68. The van der Waals surface area contributed by atoms with Gasteiger partial charge in [-0.25, -0.2) is 9.52 Å². The van der Waals surface area contributed by atoms with Gasteiger partial charge < -0.3 is 15.8 Å². The summed E-state index contributed by atoms with van der Waals surface area (Å²) in [6.07, 6.45) is -0.0343. The van der Waals surface area contributed by atoms with Crippen molar-refractivity contribution in [2.24, 2.45) is 5.73 Å². The molecule has 0 aliphatic rings. The highest BCUT2D eigenvalue weighted by atomic mass is 32.2. The number of methoxy groups -OCH3 is 1. The summed E-state index contributed by atoms with van der Waals surface area (Å²) in [6.45, 7) is 0.0957. The molecule has 0 aliphatic carbocycles. The van der Waals surface area contributed by atoms with Crippen LogP contribution in [0.4, 0.5) is 4.79 Å². The van der Waals surface area contributed by atoms with Gasteiger partial charge in [-0.05, 0) is 0 Å². The summed E-state index contributed by atoms with van der Waals surface area (Å²) >= 11 is 0. The third-order valence-corrected chi connectivity index (χ3v) is 3.55. The number of ether oxygens (including phenoxy) is 1. The van der Waals surface area contributed by atoms with Gasteiger partial charge in [-0.3, -0.25) is 4.79 Å². The van der Waals surface area contributed by atoms with E-state index in [-0.39, 0.29) is 26.1 Å². The van der Waals surface area contributed by atoms with Gasteiger partial charge in [-0.2, -0.15) is 12.7 Å². The topological polar surface area (TPSA) is 131 Å². The molecule has 0 aromatic heterocycles. The average Bonchev–Trinajstić information content (AvgIpc) is 2.30. The fourth-order valence-corrected chi connectivity index (χ4v) is 1.86. The molecule has 0 radical (unpaired) electrons. The second kappa shape index (κ2) is 7.84. The molecule has 0 unspecified atom stereocenters. The van der Waals surface area contributed by atoms with E-state index in [1.807, 2.05) is 0 Å². The molecule has 0 heterocycles. The van der Waals surface area contributed by atoms with Crippen molar-refractivity contribution in [1.82, 2.24) is 14.3 Å². The Morgan fingerprint density at radius 1 is 1.33 bits per heavy atom. The van der Waals surface area contributed by atoms with E-state index < -0.39 is 22.2 Å². The van der Waals surface area contributed by atoms with Crippen molar-refractivity contribution in [1.29, 1.82) is 0 Å². The van der Waals surface area contributed by atoms with Crippen LogP contribution in [0.1, 0.15) is 6.42 Å². The first-order valence-electron chi connectivity index (χ1n) is 5.10. The van der Waals surface area contributed by atoms with Crippen LogP contribution in [0.15, 0.2) is 0 Å². The highest BCUT2D eigenvalue weighted by Crippen LogP contribution is 1.96. The number of rotatable bonds is 8. The lowest BCUT2D eigenvalue weighted by Gasteiger charge is -2.17. The quantitative estimate of drug-likeness (QED) is 0.349. The summed E-state index contributed by atoms with van der Waals surface area (Å²) in [5.41, 5.74) is 4.81. The molecule has 9 nitrogen and oxygen atoms in total. The van der Waals surface area contributed by atoms with Crippen LogP contribution in [0.5, 0.6) is 0 Å². The number of carbonyl (C=O) groups excluding carboxylic acids is 2. The smallest absolute Gasteiger partial charge is 0.312 e.